The number of hydrogen-bond donors (Lipinski definition) is 1. The van der Waals surface area contributed by atoms with Gasteiger partial charge in [-0.25, -0.2) is 0 Å². The number of rotatable bonds is 4. The van der Waals surface area contributed by atoms with Gasteiger partial charge in [-0.15, -0.1) is 0 Å². The second kappa shape index (κ2) is 7.90. The van der Waals surface area contributed by atoms with Crippen molar-refractivity contribution in [3.8, 4) is 16.9 Å². The number of nitrogens with one attached hydrogen (secondary N) is 1. The summed E-state index contributed by atoms with van der Waals surface area (Å²) >= 11 is 5.97. The lowest BCUT2D eigenvalue weighted by Crippen LogP contribution is -2.38. The molecule has 1 N–H and O–H groups in total. The smallest absolute Gasteiger partial charge is 0.284 e. The molecule has 1 aliphatic rings. The molecule has 1 fully saturated rings. The average molecular weight is 396 g/mol. The Morgan fingerprint density at radius 1 is 1.11 bits per heavy atom. The van der Waals surface area contributed by atoms with Gasteiger partial charge >= 0.3 is 0 Å². The zero-order chi connectivity index (χ0) is 19.5. The molecule has 142 valence electrons. The van der Waals surface area contributed by atoms with Crippen LogP contribution >= 0.6 is 11.6 Å². The molecule has 2 heterocycles. The Hall–Kier alpha value is -3.06. The van der Waals surface area contributed by atoms with E-state index in [1.165, 1.54) is 23.1 Å². The van der Waals surface area contributed by atoms with Crippen molar-refractivity contribution in [1.82, 2.24) is 25.3 Å². The third-order valence-corrected chi connectivity index (χ3v) is 5.05. The van der Waals surface area contributed by atoms with Crippen LogP contribution in [0.2, 0.25) is 5.02 Å². The number of amides is 1. The number of aromatic nitrogens is 4. The van der Waals surface area contributed by atoms with Crippen molar-refractivity contribution < 1.29 is 4.79 Å². The average Bonchev–Trinajstić information content (AvgIpc) is 3.22. The number of carbonyl (C=O) groups excluding carboxylic acids is 1. The molecule has 7 nitrogen and oxygen atoms in total. The zero-order valence-corrected chi connectivity index (χ0v) is 15.8. The summed E-state index contributed by atoms with van der Waals surface area (Å²) in [6.45, 7) is 0. The van der Waals surface area contributed by atoms with Gasteiger partial charge in [-0.05, 0) is 37.1 Å². The summed E-state index contributed by atoms with van der Waals surface area (Å²) in [6.07, 6.45) is 6.94. The predicted octanol–water partition coefficient (Wildman–Crippen LogP) is 3.02. The molecule has 3 aromatic rings. The van der Waals surface area contributed by atoms with E-state index in [1.54, 1.807) is 30.3 Å². The topological polar surface area (TPSA) is 89.8 Å². The van der Waals surface area contributed by atoms with Gasteiger partial charge in [0.15, 0.2) is 0 Å². The lowest BCUT2D eigenvalue weighted by molar-refractivity contribution is 0.0935. The summed E-state index contributed by atoms with van der Waals surface area (Å²) in [5, 5.41) is 15.5. The minimum absolute atomic E-state index is 0.0451. The van der Waals surface area contributed by atoms with Crippen LogP contribution in [0.15, 0.2) is 53.6 Å². The highest BCUT2D eigenvalue weighted by atomic mass is 35.5. The van der Waals surface area contributed by atoms with E-state index in [0.29, 0.717) is 16.4 Å². The summed E-state index contributed by atoms with van der Waals surface area (Å²) in [5.41, 5.74) is 1.22. The maximum atomic E-state index is 13.0. The van der Waals surface area contributed by atoms with Gasteiger partial charge in [0.2, 0.25) is 0 Å². The Bertz CT molecular complexity index is 1040. The largest absolute Gasteiger partial charge is 0.349 e. The number of hydrogen-bond acceptors (Lipinski definition) is 5. The molecule has 28 heavy (non-hydrogen) atoms. The van der Waals surface area contributed by atoms with E-state index in [-0.39, 0.29) is 17.5 Å². The van der Waals surface area contributed by atoms with Crippen molar-refractivity contribution in [1.29, 1.82) is 0 Å². The van der Waals surface area contributed by atoms with Crippen molar-refractivity contribution in [3.63, 3.8) is 0 Å². The van der Waals surface area contributed by atoms with E-state index in [0.717, 1.165) is 31.2 Å². The summed E-state index contributed by atoms with van der Waals surface area (Å²) in [6, 6.07) is 10.3. The first-order chi connectivity index (χ1) is 13.6. The second-order valence-corrected chi connectivity index (χ2v) is 7.16. The van der Waals surface area contributed by atoms with Crippen LogP contribution in [0.4, 0.5) is 0 Å². The minimum atomic E-state index is -0.499. The monoisotopic (exact) mass is 395 g/mol. The van der Waals surface area contributed by atoms with E-state index >= 15 is 0 Å². The molecular weight excluding hydrogens is 378 g/mol. The summed E-state index contributed by atoms with van der Waals surface area (Å²) < 4.78 is 1.18. The zero-order valence-electron chi connectivity index (χ0n) is 15.0. The fourth-order valence-electron chi connectivity index (χ4n) is 3.34. The van der Waals surface area contributed by atoms with Gasteiger partial charge in [-0.1, -0.05) is 36.6 Å². The van der Waals surface area contributed by atoms with E-state index in [4.69, 9.17) is 11.6 Å². The van der Waals surface area contributed by atoms with Crippen molar-refractivity contribution in [2.75, 3.05) is 0 Å². The van der Waals surface area contributed by atoms with Gasteiger partial charge in [0, 0.05) is 16.6 Å². The van der Waals surface area contributed by atoms with Crippen LogP contribution in [0.5, 0.6) is 0 Å². The Kier molecular flexibility index (Phi) is 5.16. The number of halogens is 1. The number of nitrogens with zero attached hydrogens (tertiary/aromatic N) is 4. The quantitative estimate of drug-likeness (QED) is 0.733. The molecule has 0 saturated heterocycles. The molecule has 0 bridgehead atoms. The Morgan fingerprint density at radius 2 is 1.86 bits per heavy atom. The van der Waals surface area contributed by atoms with E-state index in [1.807, 2.05) is 0 Å². The highest BCUT2D eigenvalue weighted by Gasteiger charge is 2.22. The fourth-order valence-corrected chi connectivity index (χ4v) is 3.46. The Labute approximate surface area is 166 Å². The normalized spacial score (nSPS) is 14.2. The van der Waals surface area contributed by atoms with Crippen LogP contribution in [0.1, 0.15) is 36.0 Å². The van der Waals surface area contributed by atoms with Gasteiger partial charge in [0.1, 0.15) is 5.56 Å². The van der Waals surface area contributed by atoms with Gasteiger partial charge < -0.3 is 5.32 Å². The van der Waals surface area contributed by atoms with Crippen molar-refractivity contribution in [3.05, 3.63) is 69.7 Å². The van der Waals surface area contributed by atoms with Crippen LogP contribution in [-0.4, -0.2) is 31.9 Å². The molecule has 1 amide bonds. The Balaban J connectivity index is 1.81. The van der Waals surface area contributed by atoms with Crippen LogP contribution in [-0.2, 0) is 0 Å². The number of benzene rings is 1. The molecule has 1 aromatic carbocycles. The van der Waals surface area contributed by atoms with Gasteiger partial charge in [-0.3, -0.25) is 9.59 Å². The number of carbonyl (C=O) groups is 1. The molecule has 0 atom stereocenters. The second-order valence-electron chi connectivity index (χ2n) is 6.72. The van der Waals surface area contributed by atoms with E-state index in [2.05, 4.69) is 20.6 Å². The SMILES string of the molecule is O=C(NC1CCCC1)c1cc(-c2ccc(Cl)cc2)nn(-c2ccnnc2)c1=O. The molecule has 0 unspecified atom stereocenters. The third-order valence-electron chi connectivity index (χ3n) is 4.80. The summed E-state index contributed by atoms with van der Waals surface area (Å²) in [5.74, 6) is -0.384. The minimum Gasteiger partial charge on any atom is -0.349 e. The van der Waals surface area contributed by atoms with Crippen LogP contribution < -0.4 is 10.9 Å². The van der Waals surface area contributed by atoms with Crippen molar-refractivity contribution >= 4 is 17.5 Å². The first-order valence-corrected chi connectivity index (χ1v) is 9.48. The molecule has 0 radical (unpaired) electrons. The van der Waals surface area contributed by atoms with Crippen molar-refractivity contribution in [2.24, 2.45) is 0 Å². The first kappa shape index (κ1) is 18.3. The lowest BCUT2D eigenvalue weighted by atomic mass is 10.1. The van der Waals surface area contributed by atoms with E-state index in [9.17, 15) is 9.59 Å². The highest BCUT2D eigenvalue weighted by Crippen LogP contribution is 2.21. The molecule has 8 heteroatoms. The molecule has 4 rings (SSSR count). The fraction of sp³-hybridized carbons (Fsp3) is 0.250. The molecular formula is C20H18ClN5O2. The van der Waals surface area contributed by atoms with Gasteiger partial charge in [0.05, 0.1) is 23.8 Å². The lowest BCUT2D eigenvalue weighted by Gasteiger charge is -2.14. The molecule has 2 aromatic heterocycles. The molecule has 0 aliphatic heterocycles. The summed E-state index contributed by atoms with van der Waals surface area (Å²) in [7, 11) is 0. The predicted molar refractivity (Wildman–Crippen MR) is 106 cm³/mol. The molecule has 0 spiro atoms. The van der Waals surface area contributed by atoms with Gasteiger partial charge in [0.25, 0.3) is 11.5 Å². The highest BCUT2D eigenvalue weighted by molar-refractivity contribution is 6.30. The van der Waals surface area contributed by atoms with Crippen LogP contribution in [0.25, 0.3) is 16.9 Å². The maximum absolute atomic E-state index is 13.0. The van der Waals surface area contributed by atoms with Crippen LogP contribution in [0.3, 0.4) is 0 Å². The molecule has 1 aliphatic carbocycles. The first-order valence-electron chi connectivity index (χ1n) is 9.10. The Morgan fingerprint density at radius 3 is 2.54 bits per heavy atom. The third kappa shape index (κ3) is 3.80. The standard InChI is InChI=1S/C20H18ClN5O2/c21-14-7-5-13(6-8-14)18-11-17(19(27)24-15-3-1-2-4-15)20(28)26(25-18)16-9-10-22-23-12-16/h5-12,15H,1-4H2,(H,24,27). The molecule has 1 saturated carbocycles. The van der Waals surface area contributed by atoms with Gasteiger partial charge in [-0.2, -0.15) is 20.0 Å². The van der Waals surface area contributed by atoms with Crippen LogP contribution in [0, 0.1) is 0 Å². The van der Waals surface area contributed by atoms with E-state index < -0.39 is 5.56 Å². The van der Waals surface area contributed by atoms with Crippen molar-refractivity contribution in [2.45, 2.75) is 31.7 Å². The summed E-state index contributed by atoms with van der Waals surface area (Å²) in [4.78, 5) is 25.8. The maximum Gasteiger partial charge on any atom is 0.284 e.